The van der Waals surface area contributed by atoms with E-state index < -0.39 is 0 Å². The Morgan fingerprint density at radius 1 is 1.21 bits per heavy atom. The molecule has 1 aromatic rings. The van der Waals surface area contributed by atoms with Crippen LogP contribution in [-0.4, -0.2) is 56.1 Å². The Labute approximate surface area is 164 Å². The van der Waals surface area contributed by atoms with Gasteiger partial charge in [-0.1, -0.05) is 32.8 Å². The molecule has 0 bridgehead atoms. The molecule has 0 saturated carbocycles. The zero-order chi connectivity index (χ0) is 17.1. The first-order valence-electron chi connectivity index (χ1n) is 8.63. The van der Waals surface area contributed by atoms with Crippen LogP contribution in [0.25, 0.3) is 0 Å². The number of hydrogen-bond donors (Lipinski definition) is 2. The van der Waals surface area contributed by atoms with Crippen LogP contribution in [0.15, 0.2) is 29.4 Å². The maximum Gasteiger partial charge on any atom is 0.191 e. The molecule has 138 valence electrons. The Bertz CT molecular complexity index is 446. The number of guanidine groups is 1. The lowest BCUT2D eigenvalue weighted by Crippen LogP contribution is -2.48. The first-order valence-corrected chi connectivity index (χ1v) is 8.63. The Hall–Kier alpha value is -0.890. The van der Waals surface area contributed by atoms with Crippen LogP contribution in [0.2, 0.25) is 0 Å². The molecule has 1 atom stereocenters. The van der Waals surface area contributed by atoms with E-state index in [2.05, 4.69) is 53.5 Å². The number of pyridine rings is 1. The van der Waals surface area contributed by atoms with Crippen molar-refractivity contribution in [2.24, 2.45) is 10.9 Å². The molecule has 5 nitrogen and oxygen atoms in total. The number of likely N-dealkylation sites (N-methyl/N-ethyl adjacent to an activating group) is 1. The van der Waals surface area contributed by atoms with Crippen LogP contribution >= 0.6 is 24.0 Å². The molecule has 0 spiro atoms. The molecule has 1 unspecified atom stereocenters. The van der Waals surface area contributed by atoms with Crippen LogP contribution in [0.5, 0.6) is 0 Å². The number of hydrogen-bond acceptors (Lipinski definition) is 3. The van der Waals surface area contributed by atoms with Crippen LogP contribution < -0.4 is 10.6 Å². The molecular weight excluding hydrogens is 413 g/mol. The van der Waals surface area contributed by atoms with Gasteiger partial charge < -0.3 is 15.5 Å². The van der Waals surface area contributed by atoms with E-state index in [9.17, 15) is 0 Å². The van der Waals surface area contributed by atoms with Crippen molar-refractivity contribution in [1.82, 2.24) is 20.5 Å². The molecule has 1 rings (SSSR count). The number of aromatic nitrogens is 1. The highest BCUT2D eigenvalue weighted by molar-refractivity contribution is 14.0. The van der Waals surface area contributed by atoms with Gasteiger partial charge in [0.05, 0.1) is 0 Å². The lowest BCUT2D eigenvalue weighted by molar-refractivity contribution is 0.200. The summed E-state index contributed by atoms with van der Waals surface area (Å²) in [4.78, 5) is 11.0. The Morgan fingerprint density at radius 2 is 1.92 bits per heavy atom. The second-order valence-corrected chi connectivity index (χ2v) is 6.06. The summed E-state index contributed by atoms with van der Waals surface area (Å²) in [6.07, 6.45) is 5.13. The minimum absolute atomic E-state index is 0. The Kier molecular flexibility index (Phi) is 12.9. The van der Waals surface area contributed by atoms with Gasteiger partial charge in [0.1, 0.15) is 0 Å². The van der Waals surface area contributed by atoms with Gasteiger partial charge in [0.15, 0.2) is 5.96 Å². The molecule has 2 N–H and O–H groups in total. The van der Waals surface area contributed by atoms with Gasteiger partial charge in [-0.25, -0.2) is 0 Å². The Balaban J connectivity index is 0.00000529. The van der Waals surface area contributed by atoms with Crippen LogP contribution in [0.4, 0.5) is 0 Å². The third-order valence-electron chi connectivity index (χ3n) is 4.36. The van der Waals surface area contributed by atoms with E-state index in [1.807, 2.05) is 31.4 Å². The molecule has 0 aliphatic heterocycles. The Morgan fingerprint density at radius 3 is 2.42 bits per heavy atom. The fraction of sp³-hybridized carbons (Fsp3) is 0.667. The number of aliphatic imine (C=N–C) groups is 1. The topological polar surface area (TPSA) is 52.6 Å². The highest BCUT2D eigenvalue weighted by atomic mass is 127. The SMILES string of the molecule is CCC(CC)C(CNC(=NC)NCCc1ccccn1)N(C)C.I. The molecule has 0 radical (unpaired) electrons. The summed E-state index contributed by atoms with van der Waals surface area (Å²) < 4.78 is 0. The van der Waals surface area contributed by atoms with Crippen LogP contribution in [-0.2, 0) is 6.42 Å². The number of rotatable bonds is 9. The van der Waals surface area contributed by atoms with E-state index >= 15 is 0 Å². The van der Waals surface area contributed by atoms with Crippen LogP contribution in [0.1, 0.15) is 32.4 Å². The molecule has 24 heavy (non-hydrogen) atoms. The third kappa shape index (κ3) is 8.28. The molecule has 0 aromatic carbocycles. The van der Waals surface area contributed by atoms with E-state index in [1.165, 1.54) is 12.8 Å². The smallest absolute Gasteiger partial charge is 0.191 e. The number of nitrogens with one attached hydrogen (secondary N) is 2. The highest BCUT2D eigenvalue weighted by Crippen LogP contribution is 2.16. The second kappa shape index (κ2) is 13.4. The van der Waals surface area contributed by atoms with Gasteiger partial charge in [-0.05, 0) is 32.1 Å². The van der Waals surface area contributed by atoms with Crippen molar-refractivity contribution in [2.75, 3.05) is 34.2 Å². The van der Waals surface area contributed by atoms with Gasteiger partial charge >= 0.3 is 0 Å². The molecule has 0 aliphatic rings. The van der Waals surface area contributed by atoms with E-state index in [0.717, 1.165) is 31.2 Å². The summed E-state index contributed by atoms with van der Waals surface area (Å²) in [6.45, 7) is 6.27. The van der Waals surface area contributed by atoms with Crippen molar-refractivity contribution in [1.29, 1.82) is 0 Å². The first kappa shape index (κ1) is 23.1. The molecule has 6 heteroatoms. The summed E-state index contributed by atoms with van der Waals surface area (Å²) in [5.41, 5.74) is 1.10. The maximum absolute atomic E-state index is 4.34. The quantitative estimate of drug-likeness (QED) is 0.347. The third-order valence-corrected chi connectivity index (χ3v) is 4.36. The van der Waals surface area contributed by atoms with Crippen molar-refractivity contribution < 1.29 is 0 Å². The molecule has 0 aliphatic carbocycles. The van der Waals surface area contributed by atoms with Crippen LogP contribution in [0, 0.1) is 5.92 Å². The first-order chi connectivity index (χ1) is 11.1. The van der Waals surface area contributed by atoms with E-state index in [1.54, 1.807) is 0 Å². The van der Waals surface area contributed by atoms with E-state index in [4.69, 9.17) is 0 Å². The van der Waals surface area contributed by atoms with E-state index in [-0.39, 0.29) is 24.0 Å². The zero-order valence-electron chi connectivity index (χ0n) is 15.7. The monoisotopic (exact) mass is 447 g/mol. The van der Waals surface area contributed by atoms with Gasteiger partial charge in [-0.2, -0.15) is 0 Å². The normalized spacial score (nSPS) is 12.9. The molecular formula is C18H34IN5. The largest absolute Gasteiger partial charge is 0.356 e. The van der Waals surface area contributed by atoms with Crippen molar-refractivity contribution in [3.63, 3.8) is 0 Å². The van der Waals surface area contributed by atoms with Gasteiger partial charge in [0.2, 0.25) is 0 Å². The molecule has 0 saturated heterocycles. The average Bonchev–Trinajstić information content (AvgIpc) is 2.57. The predicted octanol–water partition coefficient (Wildman–Crippen LogP) is 2.77. The molecule has 0 amide bonds. The zero-order valence-corrected chi connectivity index (χ0v) is 18.1. The number of nitrogens with zero attached hydrogens (tertiary/aromatic N) is 3. The van der Waals surface area contributed by atoms with Gasteiger partial charge in [0.25, 0.3) is 0 Å². The highest BCUT2D eigenvalue weighted by Gasteiger charge is 2.20. The van der Waals surface area contributed by atoms with Gasteiger partial charge in [-0.15, -0.1) is 24.0 Å². The summed E-state index contributed by atoms with van der Waals surface area (Å²) in [7, 11) is 6.13. The van der Waals surface area contributed by atoms with Crippen molar-refractivity contribution in [3.05, 3.63) is 30.1 Å². The standard InChI is InChI=1S/C18H33N5.HI/c1-6-15(7-2)17(23(4)5)14-22-18(19-3)21-13-11-16-10-8-9-12-20-16;/h8-10,12,15,17H,6-7,11,13-14H2,1-5H3,(H2,19,21,22);1H. The average molecular weight is 447 g/mol. The van der Waals surface area contributed by atoms with Crippen molar-refractivity contribution in [3.8, 4) is 0 Å². The lowest BCUT2D eigenvalue weighted by atomic mass is 9.93. The summed E-state index contributed by atoms with van der Waals surface area (Å²) in [6, 6.07) is 6.52. The fourth-order valence-electron chi connectivity index (χ4n) is 2.88. The number of halogens is 1. The molecule has 1 heterocycles. The molecule has 0 fully saturated rings. The molecule has 1 aromatic heterocycles. The van der Waals surface area contributed by atoms with Crippen molar-refractivity contribution in [2.45, 2.75) is 39.2 Å². The summed E-state index contributed by atoms with van der Waals surface area (Å²) >= 11 is 0. The van der Waals surface area contributed by atoms with Crippen LogP contribution in [0.3, 0.4) is 0 Å². The van der Waals surface area contributed by atoms with Gasteiger partial charge in [0, 0.05) is 44.5 Å². The van der Waals surface area contributed by atoms with E-state index in [0.29, 0.717) is 12.0 Å². The maximum atomic E-state index is 4.34. The lowest BCUT2D eigenvalue weighted by Gasteiger charge is -2.32. The second-order valence-electron chi connectivity index (χ2n) is 6.06. The fourth-order valence-corrected chi connectivity index (χ4v) is 2.88. The predicted molar refractivity (Wildman–Crippen MR) is 114 cm³/mol. The minimum Gasteiger partial charge on any atom is -0.356 e. The summed E-state index contributed by atoms with van der Waals surface area (Å²) in [5, 5.41) is 6.83. The van der Waals surface area contributed by atoms with Gasteiger partial charge in [-0.3, -0.25) is 9.98 Å². The summed E-state index contributed by atoms with van der Waals surface area (Å²) in [5.74, 6) is 1.56. The minimum atomic E-state index is 0. The van der Waals surface area contributed by atoms with Crippen molar-refractivity contribution >= 4 is 29.9 Å².